The van der Waals surface area contributed by atoms with E-state index in [9.17, 15) is 14.0 Å². The number of amides is 1. The van der Waals surface area contributed by atoms with Crippen LogP contribution in [0.4, 0.5) is 4.39 Å². The van der Waals surface area contributed by atoms with Gasteiger partial charge in [-0.05, 0) is 37.8 Å². The fourth-order valence-electron chi connectivity index (χ4n) is 2.71. The summed E-state index contributed by atoms with van der Waals surface area (Å²) in [5.74, 6) is -0.632. The number of esters is 1. The Morgan fingerprint density at radius 1 is 1.36 bits per heavy atom. The molecule has 0 spiro atoms. The van der Waals surface area contributed by atoms with Gasteiger partial charge in [-0.2, -0.15) is 0 Å². The fourth-order valence-corrected chi connectivity index (χ4v) is 2.71. The maximum atomic E-state index is 14.1. The molecule has 6 heteroatoms. The maximum Gasteiger partial charge on any atom is 0.328 e. The Hall–Kier alpha value is -2.37. The molecule has 1 amide bonds. The predicted molar refractivity (Wildman–Crippen MR) is 91.4 cm³/mol. The molecule has 1 aliphatic rings. The van der Waals surface area contributed by atoms with E-state index >= 15 is 0 Å². The quantitative estimate of drug-likeness (QED) is 0.709. The highest BCUT2D eigenvalue weighted by atomic mass is 19.1. The van der Waals surface area contributed by atoms with Crippen molar-refractivity contribution in [1.82, 2.24) is 4.90 Å². The van der Waals surface area contributed by atoms with E-state index in [0.29, 0.717) is 17.7 Å². The van der Waals surface area contributed by atoms with Gasteiger partial charge >= 0.3 is 5.97 Å². The van der Waals surface area contributed by atoms with E-state index in [0.717, 1.165) is 0 Å². The average molecular weight is 349 g/mol. The van der Waals surface area contributed by atoms with Crippen molar-refractivity contribution in [1.29, 1.82) is 0 Å². The van der Waals surface area contributed by atoms with Crippen LogP contribution in [-0.4, -0.2) is 36.0 Å². The van der Waals surface area contributed by atoms with Crippen molar-refractivity contribution in [3.8, 4) is 5.75 Å². The Labute approximate surface area is 147 Å². The summed E-state index contributed by atoms with van der Waals surface area (Å²) in [6.07, 6.45) is 1.79. The normalized spacial score (nSPS) is 15.4. The second-order valence-corrected chi connectivity index (χ2v) is 6.46. The zero-order valence-electron chi connectivity index (χ0n) is 15.0. The van der Waals surface area contributed by atoms with Gasteiger partial charge in [0.1, 0.15) is 11.8 Å². The van der Waals surface area contributed by atoms with E-state index in [2.05, 4.69) is 0 Å². The van der Waals surface area contributed by atoms with Gasteiger partial charge in [-0.3, -0.25) is 4.79 Å². The molecule has 1 aromatic carbocycles. The Bertz CT molecular complexity index is 684. The van der Waals surface area contributed by atoms with Gasteiger partial charge in [0, 0.05) is 6.08 Å². The minimum atomic E-state index is -0.674. The summed E-state index contributed by atoms with van der Waals surface area (Å²) in [6, 6.07) is 4.16. The van der Waals surface area contributed by atoms with Crippen LogP contribution in [0.5, 0.6) is 5.75 Å². The molecule has 0 fully saturated rings. The summed E-state index contributed by atoms with van der Waals surface area (Å²) in [5.41, 5.74) is 0.462. The van der Waals surface area contributed by atoms with Crippen LogP contribution in [0, 0.1) is 18.7 Å². The van der Waals surface area contributed by atoms with Gasteiger partial charge < -0.3 is 14.4 Å². The second kappa shape index (κ2) is 8.14. The molecule has 0 radical (unpaired) electrons. The molecule has 25 heavy (non-hydrogen) atoms. The van der Waals surface area contributed by atoms with Crippen molar-refractivity contribution in [2.75, 3.05) is 13.2 Å². The molecule has 0 N–H and O–H groups in total. The molecule has 1 aromatic rings. The highest BCUT2D eigenvalue weighted by Gasteiger charge is 2.35. The zero-order chi connectivity index (χ0) is 18.6. The van der Waals surface area contributed by atoms with Crippen LogP contribution in [0.15, 0.2) is 30.0 Å². The summed E-state index contributed by atoms with van der Waals surface area (Å²) >= 11 is 0. The Kier molecular flexibility index (Phi) is 6.17. The largest absolute Gasteiger partial charge is 0.464 e. The van der Waals surface area contributed by atoms with Crippen molar-refractivity contribution in [2.45, 2.75) is 40.2 Å². The monoisotopic (exact) mass is 349 g/mol. The Balaban J connectivity index is 2.14. The smallest absolute Gasteiger partial charge is 0.328 e. The lowest BCUT2D eigenvalue weighted by molar-refractivity contribution is -0.153. The molecule has 0 aliphatic carbocycles. The second-order valence-electron chi connectivity index (χ2n) is 6.46. The van der Waals surface area contributed by atoms with Gasteiger partial charge in [-0.15, -0.1) is 0 Å². The molecular weight excluding hydrogens is 325 g/mol. The molecule has 0 aromatic heterocycles. The molecule has 0 bridgehead atoms. The number of ether oxygens (including phenoxy) is 2. The molecule has 1 aliphatic heterocycles. The van der Waals surface area contributed by atoms with E-state index < -0.39 is 17.8 Å². The summed E-state index contributed by atoms with van der Waals surface area (Å²) in [6.45, 7) is 7.67. The zero-order valence-corrected chi connectivity index (χ0v) is 15.0. The van der Waals surface area contributed by atoms with E-state index in [1.54, 1.807) is 26.0 Å². The summed E-state index contributed by atoms with van der Waals surface area (Å²) < 4.78 is 24.7. The Morgan fingerprint density at radius 3 is 2.72 bits per heavy atom. The van der Waals surface area contributed by atoms with Crippen LogP contribution in [0.1, 0.15) is 32.8 Å². The van der Waals surface area contributed by atoms with Crippen LogP contribution in [0.3, 0.4) is 0 Å². The van der Waals surface area contributed by atoms with Crippen LogP contribution in [0.25, 0.3) is 0 Å². The molecule has 1 heterocycles. The van der Waals surface area contributed by atoms with Crippen molar-refractivity contribution < 1.29 is 23.5 Å². The lowest BCUT2D eigenvalue weighted by Crippen LogP contribution is -2.44. The first-order chi connectivity index (χ1) is 11.8. The minimum Gasteiger partial charge on any atom is -0.464 e. The SMILES string of the molecule is CCOC(=O)[C@H](CC(C)C)N1CC(Oc2cccc(C)c2F)=CC1=O. The number of nitrogens with zero attached hydrogens (tertiary/aromatic N) is 1. The summed E-state index contributed by atoms with van der Waals surface area (Å²) in [5, 5.41) is 0. The van der Waals surface area contributed by atoms with Gasteiger partial charge in [0.25, 0.3) is 5.91 Å². The molecule has 1 atom stereocenters. The van der Waals surface area contributed by atoms with E-state index in [1.165, 1.54) is 17.0 Å². The maximum absolute atomic E-state index is 14.1. The van der Waals surface area contributed by atoms with Crippen molar-refractivity contribution in [3.05, 3.63) is 41.4 Å². The highest BCUT2D eigenvalue weighted by Crippen LogP contribution is 2.26. The molecule has 5 nitrogen and oxygen atoms in total. The van der Waals surface area contributed by atoms with E-state index in [-0.39, 0.29) is 30.7 Å². The number of rotatable bonds is 7. The first kappa shape index (κ1) is 19.0. The topological polar surface area (TPSA) is 55.8 Å². The third-order valence-electron chi connectivity index (χ3n) is 3.92. The van der Waals surface area contributed by atoms with Crippen LogP contribution < -0.4 is 4.74 Å². The van der Waals surface area contributed by atoms with Crippen molar-refractivity contribution in [3.63, 3.8) is 0 Å². The first-order valence-corrected chi connectivity index (χ1v) is 8.44. The predicted octanol–water partition coefficient (Wildman–Crippen LogP) is 3.22. The summed E-state index contributed by atoms with van der Waals surface area (Å²) in [7, 11) is 0. The van der Waals surface area contributed by atoms with Crippen molar-refractivity contribution >= 4 is 11.9 Å². The number of carbonyl (C=O) groups excluding carboxylic acids is 2. The standard InChI is InChI=1S/C19H24FNO4/c1-5-24-19(23)15(9-12(2)3)21-11-14(10-17(21)22)25-16-8-6-7-13(4)18(16)20/h6-8,10,12,15H,5,9,11H2,1-4H3/t15-/m0/s1. The molecule has 136 valence electrons. The first-order valence-electron chi connectivity index (χ1n) is 8.44. The fraction of sp³-hybridized carbons (Fsp3) is 0.474. The Morgan fingerprint density at radius 2 is 2.08 bits per heavy atom. The molecule has 0 saturated carbocycles. The number of hydrogen-bond donors (Lipinski definition) is 0. The van der Waals surface area contributed by atoms with E-state index in [4.69, 9.17) is 9.47 Å². The van der Waals surface area contributed by atoms with Crippen molar-refractivity contribution in [2.24, 2.45) is 5.92 Å². The molecule has 0 saturated heterocycles. The third-order valence-corrected chi connectivity index (χ3v) is 3.92. The summed E-state index contributed by atoms with van der Waals surface area (Å²) in [4.78, 5) is 26.0. The lowest BCUT2D eigenvalue weighted by Gasteiger charge is -2.27. The number of carbonyl (C=O) groups is 2. The third kappa shape index (κ3) is 4.59. The van der Waals surface area contributed by atoms with Gasteiger partial charge in [0.15, 0.2) is 11.6 Å². The minimum absolute atomic E-state index is 0.0671. The van der Waals surface area contributed by atoms with E-state index in [1.807, 2.05) is 13.8 Å². The van der Waals surface area contributed by atoms with Crippen LogP contribution >= 0.6 is 0 Å². The lowest BCUT2D eigenvalue weighted by atomic mass is 10.0. The van der Waals surface area contributed by atoms with Gasteiger partial charge in [-0.1, -0.05) is 26.0 Å². The highest BCUT2D eigenvalue weighted by molar-refractivity contribution is 5.94. The molecule has 0 unspecified atom stereocenters. The van der Waals surface area contributed by atoms with Gasteiger partial charge in [0.2, 0.25) is 0 Å². The number of halogens is 1. The van der Waals surface area contributed by atoms with Gasteiger partial charge in [-0.25, -0.2) is 9.18 Å². The average Bonchev–Trinajstić information content (AvgIpc) is 2.90. The van der Waals surface area contributed by atoms with Crippen LogP contribution in [-0.2, 0) is 14.3 Å². The number of benzene rings is 1. The number of hydrogen-bond acceptors (Lipinski definition) is 4. The number of aryl methyl sites for hydroxylation is 1. The molecular formula is C19H24FNO4. The van der Waals surface area contributed by atoms with Crippen LogP contribution in [0.2, 0.25) is 0 Å². The molecule has 2 rings (SSSR count). The van der Waals surface area contributed by atoms with Gasteiger partial charge in [0.05, 0.1) is 13.2 Å².